The third-order valence-corrected chi connectivity index (χ3v) is 3.21. The summed E-state index contributed by atoms with van der Waals surface area (Å²) in [4.78, 5) is 22.0. The molecule has 1 atom stereocenters. The molecule has 104 valence electrons. The second kappa shape index (κ2) is 8.46. The number of unbranched alkanes of at least 4 members (excludes halogenated alkanes) is 2. The highest BCUT2D eigenvalue weighted by Crippen LogP contribution is 2.26. The van der Waals surface area contributed by atoms with E-state index in [9.17, 15) is 9.59 Å². The van der Waals surface area contributed by atoms with Gasteiger partial charge in [0.15, 0.2) is 5.78 Å². The molecule has 3 nitrogen and oxygen atoms in total. The number of carboxylic acids is 1. The van der Waals surface area contributed by atoms with Gasteiger partial charge in [-0.3, -0.25) is 9.59 Å². The van der Waals surface area contributed by atoms with Crippen molar-refractivity contribution >= 4 is 11.8 Å². The fourth-order valence-corrected chi connectivity index (χ4v) is 2.11. The monoisotopic (exact) mass is 262 g/mol. The highest BCUT2D eigenvalue weighted by atomic mass is 16.4. The number of aliphatic carboxylic acids is 1. The minimum absolute atomic E-state index is 0.108. The molecule has 0 aliphatic heterocycles. The molecule has 1 aliphatic rings. The lowest BCUT2D eigenvalue weighted by atomic mass is 9.95. The highest BCUT2D eigenvalue weighted by molar-refractivity contribution is 6.07. The van der Waals surface area contributed by atoms with E-state index >= 15 is 0 Å². The summed E-state index contributed by atoms with van der Waals surface area (Å²) in [5, 5.41) is 8.51. The van der Waals surface area contributed by atoms with Crippen molar-refractivity contribution in [2.75, 3.05) is 0 Å². The maximum atomic E-state index is 11.7. The van der Waals surface area contributed by atoms with E-state index in [0.717, 1.165) is 31.3 Å². The topological polar surface area (TPSA) is 54.4 Å². The fourth-order valence-electron chi connectivity index (χ4n) is 2.11. The molecule has 0 fully saturated rings. The van der Waals surface area contributed by atoms with Gasteiger partial charge in [-0.1, -0.05) is 44.1 Å². The SMILES string of the molecule is CCCCC1C=CC(=O)C1=CC=CCCCC(=O)O. The Balaban J connectivity index is 2.42. The molecule has 0 saturated carbocycles. The van der Waals surface area contributed by atoms with Crippen molar-refractivity contribution in [2.45, 2.75) is 45.4 Å². The molecular weight excluding hydrogens is 240 g/mol. The molecule has 0 radical (unpaired) electrons. The van der Waals surface area contributed by atoms with Crippen LogP contribution in [-0.2, 0) is 9.59 Å². The second-order valence-electron chi connectivity index (χ2n) is 4.81. The van der Waals surface area contributed by atoms with Crippen LogP contribution in [0.2, 0.25) is 0 Å². The summed E-state index contributed by atoms with van der Waals surface area (Å²) < 4.78 is 0. The molecule has 0 spiro atoms. The summed E-state index contributed by atoms with van der Waals surface area (Å²) in [5.74, 6) is -0.394. The summed E-state index contributed by atoms with van der Waals surface area (Å²) in [5.41, 5.74) is 0.864. The van der Waals surface area contributed by atoms with Gasteiger partial charge in [0.05, 0.1) is 0 Å². The zero-order chi connectivity index (χ0) is 14.1. The third-order valence-electron chi connectivity index (χ3n) is 3.21. The van der Waals surface area contributed by atoms with E-state index in [2.05, 4.69) is 6.92 Å². The number of allylic oxidation sites excluding steroid dienone is 6. The summed E-state index contributed by atoms with van der Waals surface area (Å²) in [6.07, 6.45) is 14.2. The first-order valence-electron chi connectivity index (χ1n) is 6.96. The number of carboxylic acid groups (broad SMARTS) is 1. The summed E-state index contributed by atoms with van der Waals surface area (Å²) in [6, 6.07) is 0. The minimum Gasteiger partial charge on any atom is -0.481 e. The van der Waals surface area contributed by atoms with Crippen molar-refractivity contribution in [1.29, 1.82) is 0 Å². The van der Waals surface area contributed by atoms with Gasteiger partial charge in [-0.2, -0.15) is 0 Å². The maximum absolute atomic E-state index is 11.7. The van der Waals surface area contributed by atoms with Gasteiger partial charge >= 0.3 is 5.97 Å². The van der Waals surface area contributed by atoms with Crippen molar-refractivity contribution in [3.8, 4) is 0 Å². The zero-order valence-corrected chi connectivity index (χ0v) is 11.5. The van der Waals surface area contributed by atoms with Gasteiger partial charge in [0.1, 0.15) is 0 Å². The van der Waals surface area contributed by atoms with Gasteiger partial charge in [0, 0.05) is 17.9 Å². The lowest BCUT2D eigenvalue weighted by Gasteiger charge is -2.08. The smallest absolute Gasteiger partial charge is 0.303 e. The van der Waals surface area contributed by atoms with Crippen LogP contribution in [0.25, 0.3) is 0 Å². The van der Waals surface area contributed by atoms with E-state index in [1.165, 1.54) is 0 Å². The van der Waals surface area contributed by atoms with Gasteiger partial charge in [0.2, 0.25) is 0 Å². The van der Waals surface area contributed by atoms with E-state index < -0.39 is 5.97 Å². The van der Waals surface area contributed by atoms with Crippen LogP contribution in [-0.4, -0.2) is 16.9 Å². The van der Waals surface area contributed by atoms with Crippen LogP contribution < -0.4 is 0 Å². The molecule has 0 amide bonds. The lowest BCUT2D eigenvalue weighted by Crippen LogP contribution is -2.02. The summed E-state index contributed by atoms with van der Waals surface area (Å²) in [6.45, 7) is 2.15. The van der Waals surface area contributed by atoms with Gasteiger partial charge < -0.3 is 5.11 Å². The molecule has 1 rings (SSSR count). The van der Waals surface area contributed by atoms with Crippen molar-refractivity contribution in [3.63, 3.8) is 0 Å². The number of hydrogen-bond acceptors (Lipinski definition) is 2. The number of hydrogen-bond donors (Lipinski definition) is 1. The van der Waals surface area contributed by atoms with Crippen LogP contribution in [0.3, 0.4) is 0 Å². The van der Waals surface area contributed by atoms with Crippen molar-refractivity contribution in [1.82, 2.24) is 0 Å². The Morgan fingerprint density at radius 3 is 2.89 bits per heavy atom. The largest absolute Gasteiger partial charge is 0.481 e. The second-order valence-corrected chi connectivity index (χ2v) is 4.81. The van der Waals surface area contributed by atoms with E-state index in [1.807, 2.05) is 24.3 Å². The molecule has 0 aromatic carbocycles. The lowest BCUT2D eigenvalue weighted by molar-refractivity contribution is -0.137. The first-order valence-corrected chi connectivity index (χ1v) is 6.96. The zero-order valence-electron chi connectivity index (χ0n) is 11.5. The molecule has 1 N–H and O–H groups in total. The van der Waals surface area contributed by atoms with Gasteiger partial charge in [-0.15, -0.1) is 0 Å². The predicted molar refractivity (Wildman–Crippen MR) is 75.9 cm³/mol. The van der Waals surface area contributed by atoms with Crippen LogP contribution in [0.15, 0.2) is 36.0 Å². The van der Waals surface area contributed by atoms with E-state index in [4.69, 9.17) is 5.11 Å². The third kappa shape index (κ3) is 5.69. The van der Waals surface area contributed by atoms with Gasteiger partial charge in [-0.25, -0.2) is 0 Å². The molecule has 1 aliphatic carbocycles. The number of rotatable bonds is 8. The average Bonchev–Trinajstić information content (AvgIpc) is 2.72. The summed E-state index contributed by atoms with van der Waals surface area (Å²) in [7, 11) is 0. The van der Waals surface area contributed by atoms with E-state index in [0.29, 0.717) is 6.42 Å². The normalized spacial score (nSPS) is 20.8. The molecule has 3 heteroatoms. The quantitative estimate of drug-likeness (QED) is 0.536. The summed E-state index contributed by atoms with van der Waals surface area (Å²) >= 11 is 0. The molecule has 0 aromatic heterocycles. The Morgan fingerprint density at radius 1 is 1.42 bits per heavy atom. The molecule has 0 aromatic rings. The van der Waals surface area contributed by atoms with Crippen LogP contribution >= 0.6 is 0 Å². The van der Waals surface area contributed by atoms with Crippen molar-refractivity contribution in [2.24, 2.45) is 5.92 Å². The van der Waals surface area contributed by atoms with Crippen LogP contribution in [0.1, 0.15) is 45.4 Å². The minimum atomic E-state index is -0.762. The number of carbonyl (C=O) groups excluding carboxylic acids is 1. The Labute approximate surface area is 114 Å². The molecule has 0 bridgehead atoms. The highest BCUT2D eigenvalue weighted by Gasteiger charge is 2.21. The maximum Gasteiger partial charge on any atom is 0.303 e. The molecule has 1 unspecified atom stereocenters. The molecular formula is C16H22O3. The van der Waals surface area contributed by atoms with Crippen LogP contribution in [0, 0.1) is 5.92 Å². The van der Waals surface area contributed by atoms with Crippen molar-refractivity contribution < 1.29 is 14.7 Å². The number of carbonyl (C=O) groups is 2. The van der Waals surface area contributed by atoms with E-state index in [-0.39, 0.29) is 18.1 Å². The first-order chi connectivity index (χ1) is 9.15. The Hall–Kier alpha value is -1.64. The molecule has 0 heterocycles. The molecule has 0 saturated heterocycles. The molecule has 19 heavy (non-hydrogen) atoms. The Bertz CT molecular complexity index is 402. The van der Waals surface area contributed by atoms with Gasteiger partial charge in [0.25, 0.3) is 0 Å². The van der Waals surface area contributed by atoms with E-state index in [1.54, 1.807) is 6.08 Å². The van der Waals surface area contributed by atoms with Crippen LogP contribution in [0.4, 0.5) is 0 Å². The Kier molecular flexibility index (Phi) is 6.86. The first kappa shape index (κ1) is 15.4. The number of ketones is 1. The Morgan fingerprint density at radius 2 is 2.21 bits per heavy atom. The van der Waals surface area contributed by atoms with Gasteiger partial charge in [-0.05, 0) is 25.3 Å². The standard InChI is InChI=1S/C16H22O3/c1-2-3-8-13-11-12-15(17)14(13)9-6-4-5-7-10-16(18)19/h4,6,9,11-13H,2-3,5,7-8,10H2,1H3,(H,18,19). The predicted octanol–water partition coefficient (Wildman–Crippen LogP) is 3.67. The fraction of sp³-hybridized carbons (Fsp3) is 0.500. The van der Waals surface area contributed by atoms with Crippen molar-refractivity contribution in [3.05, 3.63) is 36.0 Å². The average molecular weight is 262 g/mol. The van der Waals surface area contributed by atoms with Crippen LogP contribution in [0.5, 0.6) is 0 Å².